The monoisotopic (exact) mass is 468 g/mol. The Kier molecular flexibility index (Phi) is 5.90. The maximum absolute atomic E-state index is 12.6. The van der Waals surface area contributed by atoms with Crippen LogP contribution >= 0.6 is 11.3 Å². The molecule has 0 fully saturated rings. The first kappa shape index (κ1) is 21.9. The number of furan rings is 1. The number of hydrogen-bond acceptors (Lipinski definition) is 5. The highest BCUT2D eigenvalue weighted by Gasteiger charge is 2.20. The van der Waals surface area contributed by atoms with Gasteiger partial charge in [-0.05, 0) is 48.7 Å². The Morgan fingerprint density at radius 3 is 2.76 bits per heavy atom. The van der Waals surface area contributed by atoms with E-state index in [2.05, 4.69) is 46.7 Å². The third-order valence-electron chi connectivity index (χ3n) is 5.85. The summed E-state index contributed by atoms with van der Waals surface area (Å²) in [5.74, 6) is 0.499. The second-order valence-corrected chi connectivity index (χ2v) is 8.91. The van der Waals surface area contributed by atoms with Gasteiger partial charge in [-0.2, -0.15) is 0 Å². The maximum atomic E-state index is 12.6. The molecule has 0 saturated carbocycles. The maximum Gasteiger partial charge on any atom is 0.250 e. The Morgan fingerprint density at radius 2 is 1.97 bits per heavy atom. The minimum atomic E-state index is -0.228. The molecule has 2 heterocycles. The molecular formula is C28H24N2O3S. The van der Waals surface area contributed by atoms with Crippen LogP contribution in [0.4, 0.5) is 5.13 Å². The molecule has 1 N–H and O–H groups in total. The predicted octanol–water partition coefficient (Wildman–Crippen LogP) is 7.46. The topological polar surface area (TPSA) is 64.4 Å². The molecule has 0 bridgehead atoms. The summed E-state index contributed by atoms with van der Waals surface area (Å²) >= 11 is 1.38. The number of thiazole rings is 1. The number of nitrogens with one attached hydrogen (secondary N) is 1. The van der Waals surface area contributed by atoms with Crippen molar-refractivity contribution in [1.82, 2.24) is 4.98 Å². The number of anilines is 1. The summed E-state index contributed by atoms with van der Waals surface area (Å²) in [6.45, 7) is 6.37. The van der Waals surface area contributed by atoms with E-state index < -0.39 is 0 Å². The number of allylic oxidation sites excluding steroid dienone is 1. The fourth-order valence-electron chi connectivity index (χ4n) is 4.31. The molecular weight excluding hydrogens is 444 g/mol. The fourth-order valence-corrected chi connectivity index (χ4v) is 4.84. The van der Waals surface area contributed by atoms with Gasteiger partial charge in [-0.25, -0.2) is 4.98 Å². The first-order valence-electron chi connectivity index (χ1n) is 11.1. The number of nitrogens with zero attached hydrogens (tertiary/aromatic N) is 1. The van der Waals surface area contributed by atoms with Crippen LogP contribution in [0.15, 0.2) is 76.9 Å². The van der Waals surface area contributed by atoms with Gasteiger partial charge in [0.05, 0.1) is 12.9 Å². The standard InChI is InChI=1S/C28H24N2O3S/c1-4-32-26-18(3)27-23(15-22(26)17(2)14-25(31)30-28-29-12-13-34-28)24(16-33-27)21-11-7-9-19-8-5-6-10-20(19)21/h5-16H,4H2,1-3H3,(H,29,30,31)/b17-14+. The highest BCUT2D eigenvalue weighted by molar-refractivity contribution is 7.13. The van der Waals surface area contributed by atoms with Crippen LogP contribution in [0, 0.1) is 6.92 Å². The van der Waals surface area contributed by atoms with E-state index in [1.54, 1.807) is 12.3 Å². The van der Waals surface area contributed by atoms with Crippen LogP contribution in [0.1, 0.15) is 25.0 Å². The average molecular weight is 469 g/mol. The van der Waals surface area contributed by atoms with E-state index in [0.717, 1.165) is 49.9 Å². The molecule has 3 aromatic carbocycles. The van der Waals surface area contributed by atoms with E-state index in [4.69, 9.17) is 9.15 Å². The summed E-state index contributed by atoms with van der Waals surface area (Å²) in [7, 11) is 0. The summed E-state index contributed by atoms with van der Waals surface area (Å²) in [5, 5.41) is 8.53. The zero-order chi connectivity index (χ0) is 23.7. The number of carbonyl (C=O) groups is 1. The Hall–Kier alpha value is -3.90. The van der Waals surface area contributed by atoms with Crippen molar-refractivity contribution < 1.29 is 13.9 Å². The van der Waals surface area contributed by atoms with E-state index in [9.17, 15) is 4.79 Å². The van der Waals surface area contributed by atoms with Crippen LogP contribution < -0.4 is 10.1 Å². The zero-order valence-corrected chi connectivity index (χ0v) is 20.0. The number of amides is 1. The molecule has 5 aromatic rings. The van der Waals surface area contributed by atoms with Crippen molar-refractivity contribution in [3.63, 3.8) is 0 Å². The Balaban J connectivity index is 1.66. The highest BCUT2D eigenvalue weighted by atomic mass is 32.1. The van der Waals surface area contributed by atoms with Crippen molar-refractivity contribution in [3.8, 4) is 16.9 Å². The van der Waals surface area contributed by atoms with Crippen LogP contribution in [0.5, 0.6) is 5.75 Å². The molecule has 5 rings (SSSR count). The molecule has 0 spiro atoms. The lowest BCUT2D eigenvalue weighted by Gasteiger charge is -2.15. The van der Waals surface area contributed by atoms with Crippen molar-refractivity contribution in [3.05, 3.63) is 83.6 Å². The van der Waals surface area contributed by atoms with Crippen LogP contribution in [0.3, 0.4) is 0 Å². The van der Waals surface area contributed by atoms with Gasteiger partial charge in [-0.3, -0.25) is 10.1 Å². The van der Waals surface area contributed by atoms with Crippen LogP contribution in [0.2, 0.25) is 0 Å². The smallest absolute Gasteiger partial charge is 0.250 e. The van der Waals surface area contributed by atoms with E-state index >= 15 is 0 Å². The van der Waals surface area contributed by atoms with Crippen molar-refractivity contribution in [2.24, 2.45) is 0 Å². The molecule has 0 radical (unpaired) electrons. The molecule has 0 atom stereocenters. The number of benzene rings is 3. The van der Waals surface area contributed by atoms with Crippen molar-refractivity contribution in [1.29, 1.82) is 0 Å². The second kappa shape index (κ2) is 9.15. The van der Waals surface area contributed by atoms with E-state index in [0.29, 0.717) is 11.7 Å². The third kappa shape index (κ3) is 3.97. The molecule has 2 aromatic heterocycles. The minimum Gasteiger partial charge on any atom is -0.493 e. The lowest BCUT2D eigenvalue weighted by Crippen LogP contribution is -2.08. The summed E-state index contributed by atoms with van der Waals surface area (Å²) in [5.41, 5.74) is 5.48. The molecule has 0 aliphatic rings. The molecule has 6 heteroatoms. The molecule has 0 aliphatic carbocycles. The van der Waals surface area contributed by atoms with Crippen molar-refractivity contribution in [2.75, 3.05) is 11.9 Å². The number of hydrogen-bond donors (Lipinski definition) is 1. The molecule has 1 amide bonds. The number of ether oxygens (including phenoxy) is 1. The Morgan fingerprint density at radius 1 is 1.15 bits per heavy atom. The van der Waals surface area contributed by atoms with Gasteiger partial charge < -0.3 is 9.15 Å². The number of aromatic nitrogens is 1. The van der Waals surface area contributed by atoms with Gasteiger partial charge in [0.25, 0.3) is 0 Å². The average Bonchev–Trinajstić information content (AvgIpc) is 3.50. The Labute approximate surface area is 201 Å². The van der Waals surface area contributed by atoms with Gasteiger partial charge in [0.15, 0.2) is 5.13 Å². The highest BCUT2D eigenvalue weighted by Crippen LogP contribution is 2.42. The van der Waals surface area contributed by atoms with Crippen molar-refractivity contribution in [2.45, 2.75) is 20.8 Å². The number of aryl methyl sites for hydroxylation is 1. The van der Waals surface area contributed by atoms with E-state index in [1.807, 2.05) is 44.5 Å². The lowest BCUT2D eigenvalue weighted by molar-refractivity contribution is -0.111. The molecule has 0 saturated heterocycles. The minimum absolute atomic E-state index is 0.228. The van der Waals surface area contributed by atoms with Crippen LogP contribution in [-0.4, -0.2) is 17.5 Å². The molecule has 5 nitrogen and oxygen atoms in total. The normalized spacial score (nSPS) is 11.8. The van der Waals surface area contributed by atoms with Gasteiger partial charge in [0.2, 0.25) is 5.91 Å². The fraction of sp³-hybridized carbons (Fsp3) is 0.143. The molecule has 170 valence electrons. The number of carbonyl (C=O) groups excluding carboxylic acids is 1. The van der Waals surface area contributed by atoms with Crippen LogP contribution in [0.25, 0.3) is 38.4 Å². The van der Waals surface area contributed by atoms with E-state index in [-0.39, 0.29) is 5.91 Å². The number of rotatable bonds is 6. The summed E-state index contributed by atoms with van der Waals surface area (Å²) in [6.07, 6.45) is 5.06. The first-order chi connectivity index (χ1) is 16.6. The van der Waals surface area contributed by atoms with Crippen LogP contribution in [-0.2, 0) is 4.79 Å². The summed E-state index contributed by atoms with van der Waals surface area (Å²) in [6, 6.07) is 16.7. The van der Waals surface area contributed by atoms with Gasteiger partial charge >= 0.3 is 0 Å². The predicted molar refractivity (Wildman–Crippen MR) is 139 cm³/mol. The quantitative estimate of drug-likeness (QED) is 0.263. The van der Waals surface area contributed by atoms with Gasteiger partial charge in [0.1, 0.15) is 11.3 Å². The summed E-state index contributed by atoms with van der Waals surface area (Å²) < 4.78 is 12.1. The van der Waals surface area contributed by atoms with Gasteiger partial charge in [0, 0.05) is 39.7 Å². The SMILES string of the molecule is CCOc1c(/C(C)=C/C(=O)Nc2nccs2)cc2c(-c3cccc4ccccc34)coc2c1C. The largest absolute Gasteiger partial charge is 0.493 e. The first-order valence-corrected chi connectivity index (χ1v) is 12.0. The van der Waals surface area contributed by atoms with Gasteiger partial charge in [-0.1, -0.05) is 42.5 Å². The number of fused-ring (bicyclic) bond motifs is 2. The molecule has 34 heavy (non-hydrogen) atoms. The Bertz CT molecular complexity index is 1530. The van der Waals surface area contributed by atoms with Crippen molar-refractivity contribution >= 4 is 49.7 Å². The second-order valence-electron chi connectivity index (χ2n) is 8.02. The summed E-state index contributed by atoms with van der Waals surface area (Å²) in [4.78, 5) is 16.7. The van der Waals surface area contributed by atoms with E-state index in [1.165, 1.54) is 16.7 Å². The molecule has 0 aliphatic heterocycles. The van der Waals surface area contributed by atoms with Gasteiger partial charge in [-0.15, -0.1) is 11.3 Å². The zero-order valence-electron chi connectivity index (χ0n) is 19.2. The third-order valence-corrected chi connectivity index (χ3v) is 6.54. The molecule has 0 unspecified atom stereocenters. The lowest BCUT2D eigenvalue weighted by atomic mass is 9.94.